The molecule has 2 rings (SSSR count). The summed E-state index contributed by atoms with van der Waals surface area (Å²) in [5, 5.41) is 10.3. The third-order valence-electron chi connectivity index (χ3n) is 2.20. The number of nitrogens with zero attached hydrogens (tertiary/aromatic N) is 1. The van der Waals surface area contributed by atoms with Crippen LogP contribution in [0.4, 0.5) is 0 Å². The molecule has 0 saturated heterocycles. The van der Waals surface area contributed by atoms with E-state index in [1.54, 1.807) is 24.3 Å². The first-order valence-corrected chi connectivity index (χ1v) is 4.98. The molecule has 1 N–H and O–H groups in total. The molecule has 0 radical (unpaired) electrons. The quantitative estimate of drug-likeness (QED) is 0.797. The lowest BCUT2D eigenvalue weighted by Gasteiger charge is -2.05. The smallest absolute Gasteiger partial charge is 0.124 e. The number of phenols is 1. The average molecular weight is 220 g/mol. The van der Waals surface area contributed by atoms with Gasteiger partial charge < -0.3 is 5.11 Å². The highest BCUT2D eigenvalue weighted by Gasteiger charge is 2.05. The van der Waals surface area contributed by atoms with Crippen molar-refractivity contribution in [3.63, 3.8) is 0 Å². The number of aryl methyl sites for hydroxylation is 1. The molecule has 76 valence electrons. The molecule has 1 heterocycles. The maximum atomic E-state index is 9.65. The van der Waals surface area contributed by atoms with E-state index in [2.05, 4.69) is 4.98 Å². The summed E-state index contributed by atoms with van der Waals surface area (Å²) in [7, 11) is 0. The van der Waals surface area contributed by atoms with E-state index in [1.165, 1.54) is 0 Å². The highest BCUT2D eigenvalue weighted by molar-refractivity contribution is 6.31. The van der Waals surface area contributed by atoms with Gasteiger partial charge in [0.15, 0.2) is 0 Å². The summed E-state index contributed by atoms with van der Waals surface area (Å²) in [5.74, 6) is 0.228. The van der Waals surface area contributed by atoms with Gasteiger partial charge in [-0.15, -0.1) is 0 Å². The normalized spacial score (nSPS) is 10.3. The van der Waals surface area contributed by atoms with Gasteiger partial charge in [-0.25, -0.2) is 0 Å². The van der Waals surface area contributed by atoms with Crippen LogP contribution in [0, 0.1) is 6.92 Å². The molecule has 0 fully saturated rings. The van der Waals surface area contributed by atoms with Crippen LogP contribution in [-0.2, 0) is 0 Å². The molecular formula is C12H10ClNO. The summed E-state index contributed by atoms with van der Waals surface area (Å²) in [6.45, 7) is 1.84. The van der Waals surface area contributed by atoms with Crippen molar-refractivity contribution in [3.05, 3.63) is 47.1 Å². The van der Waals surface area contributed by atoms with Gasteiger partial charge in [0.2, 0.25) is 0 Å². The van der Waals surface area contributed by atoms with Gasteiger partial charge in [-0.1, -0.05) is 23.7 Å². The van der Waals surface area contributed by atoms with Gasteiger partial charge in [0.1, 0.15) is 5.75 Å². The lowest BCUT2D eigenvalue weighted by atomic mass is 10.1. The lowest BCUT2D eigenvalue weighted by molar-refractivity contribution is 0.477. The Bertz CT molecular complexity index is 497. The first-order chi connectivity index (χ1) is 7.18. The van der Waals surface area contributed by atoms with Crippen molar-refractivity contribution in [1.29, 1.82) is 0 Å². The minimum absolute atomic E-state index is 0.228. The maximum Gasteiger partial charge on any atom is 0.124 e. The largest absolute Gasteiger partial charge is 0.507 e. The minimum Gasteiger partial charge on any atom is -0.507 e. The van der Waals surface area contributed by atoms with Crippen LogP contribution >= 0.6 is 11.6 Å². The van der Waals surface area contributed by atoms with E-state index in [9.17, 15) is 5.11 Å². The van der Waals surface area contributed by atoms with Crippen molar-refractivity contribution in [2.75, 3.05) is 0 Å². The van der Waals surface area contributed by atoms with Crippen LogP contribution in [0.3, 0.4) is 0 Å². The van der Waals surface area contributed by atoms with Gasteiger partial charge in [-0.3, -0.25) is 4.98 Å². The molecule has 0 saturated carbocycles. The molecular weight excluding hydrogens is 210 g/mol. The molecule has 3 heteroatoms. The number of aromatic nitrogens is 1. The van der Waals surface area contributed by atoms with E-state index < -0.39 is 0 Å². The third kappa shape index (κ3) is 1.95. The Hall–Kier alpha value is -1.54. The molecule has 2 nitrogen and oxygen atoms in total. The van der Waals surface area contributed by atoms with Crippen molar-refractivity contribution < 1.29 is 5.11 Å². The summed E-state index contributed by atoms with van der Waals surface area (Å²) < 4.78 is 0. The first-order valence-electron chi connectivity index (χ1n) is 4.60. The molecule has 2 aromatic rings. The highest BCUT2D eigenvalue weighted by atomic mass is 35.5. The summed E-state index contributed by atoms with van der Waals surface area (Å²) in [6.07, 6.45) is 0. The highest BCUT2D eigenvalue weighted by Crippen LogP contribution is 2.28. The predicted molar refractivity (Wildman–Crippen MR) is 61.1 cm³/mol. The molecule has 0 bridgehead atoms. The van der Waals surface area contributed by atoms with E-state index in [0.29, 0.717) is 5.02 Å². The summed E-state index contributed by atoms with van der Waals surface area (Å²) in [6, 6.07) is 10.7. The van der Waals surface area contributed by atoms with Gasteiger partial charge in [-0.05, 0) is 31.2 Å². The standard InChI is InChI=1S/C12H10ClNO/c1-8-10(13)6-7-11(14-8)9-4-2-3-5-12(9)15/h2-7,15H,1H3. The third-order valence-corrected chi connectivity index (χ3v) is 2.60. The fourth-order valence-electron chi connectivity index (χ4n) is 1.38. The number of hydrogen-bond donors (Lipinski definition) is 1. The monoisotopic (exact) mass is 219 g/mol. The predicted octanol–water partition coefficient (Wildman–Crippen LogP) is 3.42. The number of halogens is 1. The average Bonchev–Trinajstić information content (AvgIpc) is 2.23. The van der Waals surface area contributed by atoms with Crippen LogP contribution in [0.1, 0.15) is 5.69 Å². The molecule has 1 aromatic carbocycles. The van der Waals surface area contributed by atoms with Crippen LogP contribution in [0.25, 0.3) is 11.3 Å². The van der Waals surface area contributed by atoms with Gasteiger partial charge in [0, 0.05) is 5.56 Å². The molecule has 0 aliphatic carbocycles. The molecule has 0 unspecified atom stereocenters. The fourth-order valence-corrected chi connectivity index (χ4v) is 1.49. The molecule has 0 aliphatic heterocycles. The number of phenolic OH excluding ortho intramolecular Hbond substituents is 1. The van der Waals surface area contributed by atoms with Crippen molar-refractivity contribution in [2.24, 2.45) is 0 Å². The van der Waals surface area contributed by atoms with Crippen LogP contribution in [0.2, 0.25) is 5.02 Å². The zero-order valence-corrected chi connectivity index (χ0v) is 8.99. The van der Waals surface area contributed by atoms with Gasteiger partial charge in [-0.2, -0.15) is 0 Å². The second kappa shape index (κ2) is 3.91. The van der Waals surface area contributed by atoms with Crippen molar-refractivity contribution in [2.45, 2.75) is 6.92 Å². The summed E-state index contributed by atoms with van der Waals surface area (Å²) in [5.41, 5.74) is 2.21. The molecule has 0 amide bonds. The Morgan fingerprint density at radius 1 is 1.13 bits per heavy atom. The van der Waals surface area contributed by atoms with Crippen LogP contribution < -0.4 is 0 Å². The second-order valence-corrected chi connectivity index (χ2v) is 3.69. The number of hydrogen-bond acceptors (Lipinski definition) is 2. The van der Waals surface area contributed by atoms with Gasteiger partial charge >= 0.3 is 0 Å². The van der Waals surface area contributed by atoms with Crippen LogP contribution in [0.5, 0.6) is 5.75 Å². The Kier molecular flexibility index (Phi) is 2.60. The van der Waals surface area contributed by atoms with Crippen LogP contribution in [0.15, 0.2) is 36.4 Å². The maximum absolute atomic E-state index is 9.65. The molecule has 0 spiro atoms. The molecule has 15 heavy (non-hydrogen) atoms. The molecule has 0 aliphatic rings. The first kappa shape index (κ1) is 9.99. The number of rotatable bonds is 1. The van der Waals surface area contributed by atoms with E-state index >= 15 is 0 Å². The van der Waals surface area contributed by atoms with E-state index in [-0.39, 0.29) is 5.75 Å². The number of benzene rings is 1. The van der Waals surface area contributed by atoms with Crippen molar-refractivity contribution >= 4 is 11.6 Å². The Morgan fingerprint density at radius 3 is 2.53 bits per heavy atom. The van der Waals surface area contributed by atoms with E-state index in [4.69, 9.17) is 11.6 Å². The van der Waals surface area contributed by atoms with Gasteiger partial charge in [0.25, 0.3) is 0 Å². The van der Waals surface area contributed by atoms with E-state index in [1.807, 2.05) is 19.1 Å². The summed E-state index contributed by atoms with van der Waals surface area (Å²) >= 11 is 5.88. The second-order valence-electron chi connectivity index (χ2n) is 3.28. The minimum atomic E-state index is 0.228. The number of para-hydroxylation sites is 1. The SMILES string of the molecule is Cc1nc(-c2ccccc2O)ccc1Cl. The Balaban J connectivity index is 2.55. The summed E-state index contributed by atoms with van der Waals surface area (Å²) in [4.78, 5) is 4.31. The number of pyridine rings is 1. The number of aromatic hydroxyl groups is 1. The van der Waals surface area contributed by atoms with Crippen molar-refractivity contribution in [1.82, 2.24) is 4.98 Å². The molecule has 1 aromatic heterocycles. The van der Waals surface area contributed by atoms with Crippen molar-refractivity contribution in [3.8, 4) is 17.0 Å². The molecule has 0 atom stereocenters. The van der Waals surface area contributed by atoms with Gasteiger partial charge in [0.05, 0.1) is 16.4 Å². The Labute approximate surface area is 93.2 Å². The topological polar surface area (TPSA) is 33.1 Å². The van der Waals surface area contributed by atoms with E-state index in [0.717, 1.165) is 17.0 Å². The fraction of sp³-hybridized carbons (Fsp3) is 0.0833. The van der Waals surface area contributed by atoms with Crippen LogP contribution in [-0.4, -0.2) is 10.1 Å². The lowest BCUT2D eigenvalue weighted by Crippen LogP contribution is -1.87. The zero-order chi connectivity index (χ0) is 10.8. The zero-order valence-electron chi connectivity index (χ0n) is 8.24. The Morgan fingerprint density at radius 2 is 1.87 bits per heavy atom.